The summed E-state index contributed by atoms with van der Waals surface area (Å²) >= 11 is 0. The van der Waals surface area contributed by atoms with E-state index < -0.39 is 10.8 Å². The van der Waals surface area contributed by atoms with Gasteiger partial charge in [-0.2, -0.15) is 6.07 Å². The van der Waals surface area contributed by atoms with E-state index >= 15 is 0 Å². The number of pyridine rings is 1. The normalized spacial score (nSPS) is 13.1. The number of para-hydroxylation sites is 1. The van der Waals surface area contributed by atoms with Crippen LogP contribution in [0.4, 0.5) is 22.7 Å². The monoisotopic (exact) mass is 1260 g/mol. The Bertz CT molecular complexity index is 4150. The van der Waals surface area contributed by atoms with Crippen molar-refractivity contribution >= 4 is 44.6 Å². The Morgan fingerprint density at radius 1 is 0.410 bits per heavy atom. The first-order valence-corrected chi connectivity index (χ1v) is 28.8. The van der Waals surface area contributed by atoms with Gasteiger partial charge < -0.3 is 19.1 Å². The third kappa shape index (κ3) is 10.6. The van der Waals surface area contributed by atoms with Gasteiger partial charge in [0.05, 0.1) is 0 Å². The predicted octanol–water partition coefficient (Wildman–Crippen LogP) is 20.2. The SMILES string of the molecule is CC(C)(C)c1cc(Oc2[c-]c3c(cc2)c2ccccc2n3-c2cc(C(C)(C)C)ccn2)[c-]c(N2[CH-]N(c3cc(-c4ccccc4)cc(C(C)(C)c4ccccc4)c3)c3cc(C(C)(C)c4ccccc4)c(C(C)(C)c4ccccc4)cc32)c1.[Pt]. The summed E-state index contributed by atoms with van der Waals surface area (Å²) in [7, 11) is 0. The van der Waals surface area contributed by atoms with Crippen molar-refractivity contribution in [1.29, 1.82) is 0 Å². The molecular formula is C77H73N4OPt-3. The van der Waals surface area contributed by atoms with Crippen LogP contribution in [0.5, 0.6) is 11.5 Å². The molecule has 420 valence electrons. The summed E-state index contributed by atoms with van der Waals surface area (Å²) in [4.78, 5) is 9.71. The van der Waals surface area contributed by atoms with Gasteiger partial charge in [0.2, 0.25) is 0 Å². The number of anilines is 4. The molecule has 3 heterocycles. The minimum atomic E-state index is -0.400. The van der Waals surface area contributed by atoms with E-state index in [4.69, 9.17) is 9.72 Å². The fourth-order valence-electron chi connectivity index (χ4n) is 12.0. The molecule has 12 rings (SSSR count). The minimum absolute atomic E-state index is 0. The van der Waals surface area contributed by atoms with Crippen LogP contribution in [0.15, 0.2) is 219 Å². The summed E-state index contributed by atoms with van der Waals surface area (Å²) in [6.07, 6.45) is 1.92. The molecule has 11 aromatic rings. The van der Waals surface area contributed by atoms with E-state index in [1.807, 2.05) is 12.3 Å². The number of hydrogen-bond donors (Lipinski definition) is 0. The fourth-order valence-corrected chi connectivity index (χ4v) is 12.0. The standard InChI is InChI=1S/C77H73N4O.Pt/c1-73(2,3)57-39-40-78-72(46-57)81-68-36-26-25-35-64(68)65-38-37-62(48-69(65)81)82-63-45-58(74(4,5)6)43-61(47-63)80-51-79(60-42-53(52-27-17-13-18-28-52)41-59(44-60)75(7,8)54-29-19-14-20-30-54)70-49-66(76(9,10)55-31-21-15-22-32-55)67(50-71(70)80)77(11,12)56-33-23-16-24-34-56;/h13-46,49-51H,1-12H3;/q-3;. The summed E-state index contributed by atoms with van der Waals surface area (Å²) in [5, 5.41) is 2.22. The summed E-state index contributed by atoms with van der Waals surface area (Å²) in [6, 6.07) is 84.8. The zero-order valence-electron chi connectivity index (χ0n) is 49.9. The van der Waals surface area contributed by atoms with Crippen LogP contribution in [0.25, 0.3) is 38.8 Å². The summed E-state index contributed by atoms with van der Waals surface area (Å²) < 4.78 is 9.32. The first-order valence-electron chi connectivity index (χ1n) is 28.8. The molecule has 0 N–H and O–H groups in total. The van der Waals surface area contributed by atoms with Crippen LogP contribution in [0.1, 0.15) is 128 Å². The molecule has 2 aromatic heterocycles. The molecule has 0 atom stereocenters. The van der Waals surface area contributed by atoms with Gasteiger partial charge in [-0.05, 0) is 109 Å². The van der Waals surface area contributed by atoms with Crippen LogP contribution in [0.3, 0.4) is 0 Å². The van der Waals surface area contributed by atoms with Gasteiger partial charge in [-0.3, -0.25) is 0 Å². The third-order valence-corrected chi connectivity index (χ3v) is 17.3. The third-order valence-electron chi connectivity index (χ3n) is 17.3. The molecule has 0 aliphatic carbocycles. The van der Waals surface area contributed by atoms with Crippen molar-refractivity contribution in [3.8, 4) is 28.4 Å². The second-order valence-electron chi connectivity index (χ2n) is 25.9. The topological polar surface area (TPSA) is 33.5 Å². The number of hydrogen-bond acceptors (Lipinski definition) is 4. The Morgan fingerprint density at radius 3 is 1.54 bits per heavy atom. The van der Waals surface area contributed by atoms with Crippen LogP contribution >= 0.6 is 0 Å². The molecule has 0 fully saturated rings. The first kappa shape index (κ1) is 56.9. The molecule has 83 heavy (non-hydrogen) atoms. The van der Waals surface area contributed by atoms with Gasteiger partial charge in [0.15, 0.2) is 0 Å². The van der Waals surface area contributed by atoms with Crippen LogP contribution < -0.4 is 14.5 Å². The minimum Gasteiger partial charge on any atom is -0.509 e. The van der Waals surface area contributed by atoms with Gasteiger partial charge in [0.25, 0.3) is 0 Å². The zero-order chi connectivity index (χ0) is 57.3. The average Bonchev–Trinajstić information content (AvgIpc) is 2.10. The molecule has 6 heteroatoms. The van der Waals surface area contributed by atoms with E-state index in [1.54, 1.807) is 0 Å². The Balaban J connectivity index is 0.00000721. The van der Waals surface area contributed by atoms with Gasteiger partial charge >= 0.3 is 0 Å². The Hall–Kier alpha value is -7.98. The summed E-state index contributed by atoms with van der Waals surface area (Å²) in [6.45, 7) is 30.0. The molecular weight excluding hydrogens is 1190 g/mol. The number of benzene rings is 9. The molecule has 5 nitrogen and oxygen atoms in total. The second kappa shape index (κ2) is 21.6. The molecule has 1 aliphatic rings. The molecule has 0 unspecified atom stereocenters. The second-order valence-corrected chi connectivity index (χ2v) is 25.9. The Kier molecular flexibility index (Phi) is 14.8. The van der Waals surface area contributed by atoms with E-state index in [-0.39, 0.29) is 37.3 Å². The number of rotatable bonds is 12. The summed E-state index contributed by atoms with van der Waals surface area (Å²) in [5.41, 5.74) is 16.7. The molecule has 0 saturated heterocycles. The first-order chi connectivity index (χ1) is 39.2. The van der Waals surface area contributed by atoms with Gasteiger partial charge in [0.1, 0.15) is 5.82 Å². The maximum atomic E-state index is 7.10. The molecule has 9 aromatic carbocycles. The maximum absolute atomic E-state index is 7.10. The van der Waals surface area contributed by atoms with Crippen LogP contribution in [-0.4, -0.2) is 9.55 Å². The van der Waals surface area contributed by atoms with E-state index in [0.717, 1.165) is 67.1 Å². The van der Waals surface area contributed by atoms with E-state index in [1.165, 1.54) is 38.9 Å². The predicted molar refractivity (Wildman–Crippen MR) is 343 cm³/mol. The van der Waals surface area contributed by atoms with Crippen molar-refractivity contribution in [2.45, 2.75) is 110 Å². The smallest absolute Gasteiger partial charge is 0.135 e. The number of nitrogens with zero attached hydrogens (tertiary/aromatic N) is 4. The largest absolute Gasteiger partial charge is 0.509 e. The van der Waals surface area contributed by atoms with Gasteiger partial charge in [0, 0.05) is 77.6 Å². The molecule has 0 radical (unpaired) electrons. The van der Waals surface area contributed by atoms with Crippen molar-refractivity contribution in [1.82, 2.24) is 9.55 Å². The molecule has 0 amide bonds. The maximum Gasteiger partial charge on any atom is 0.135 e. The Labute approximate surface area is 506 Å². The van der Waals surface area contributed by atoms with Crippen molar-refractivity contribution in [2.75, 3.05) is 9.80 Å². The zero-order valence-corrected chi connectivity index (χ0v) is 52.1. The van der Waals surface area contributed by atoms with Crippen LogP contribution in [-0.2, 0) is 48.1 Å². The molecule has 0 saturated carbocycles. The van der Waals surface area contributed by atoms with E-state index in [9.17, 15) is 0 Å². The van der Waals surface area contributed by atoms with Crippen molar-refractivity contribution in [3.63, 3.8) is 0 Å². The number of aromatic nitrogens is 2. The average molecular weight is 1270 g/mol. The fraction of sp³-hybridized carbons (Fsp3) is 0.221. The van der Waals surface area contributed by atoms with Gasteiger partial charge in [-0.25, -0.2) is 4.98 Å². The molecule has 0 spiro atoms. The van der Waals surface area contributed by atoms with Crippen molar-refractivity contribution < 1.29 is 25.8 Å². The van der Waals surface area contributed by atoms with E-state index in [2.05, 4.69) is 323 Å². The number of fused-ring (bicyclic) bond motifs is 4. The van der Waals surface area contributed by atoms with Crippen molar-refractivity contribution in [3.05, 3.63) is 282 Å². The quantitative estimate of drug-likeness (QED) is 0.114. The van der Waals surface area contributed by atoms with Gasteiger partial charge in [-0.15, -0.1) is 53.6 Å². The summed E-state index contributed by atoms with van der Waals surface area (Å²) in [5.74, 6) is 2.04. The van der Waals surface area contributed by atoms with E-state index in [0.29, 0.717) is 11.5 Å². The number of ether oxygens (including phenoxy) is 1. The Morgan fingerprint density at radius 2 is 0.952 bits per heavy atom. The van der Waals surface area contributed by atoms with Crippen LogP contribution in [0, 0.1) is 18.8 Å². The molecule has 1 aliphatic heterocycles. The van der Waals surface area contributed by atoms with Crippen LogP contribution in [0.2, 0.25) is 0 Å². The van der Waals surface area contributed by atoms with Crippen molar-refractivity contribution in [2.24, 2.45) is 0 Å². The molecule has 0 bridgehead atoms. The van der Waals surface area contributed by atoms with Gasteiger partial charge in [-0.1, -0.05) is 234 Å².